The number of benzene rings is 5. The minimum Gasteiger partial charge on any atom is -0.493 e. The molecule has 1 heteroatoms. The Bertz CT molecular complexity index is 2200. The van der Waals surface area contributed by atoms with E-state index in [1.165, 1.54) is 177 Å². The van der Waals surface area contributed by atoms with Crippen molar-refractivity contribution in [2.24, 2.45) is 5.92 Å². The zero-order chi connectivity index (χ0) is 44.4. The van der Waals surface area contributed by atoms with Crippen molar-refractivity contribution in [2.75, 3.05) is 6.61 Å². The summed E-state index contributed by atoms with van der Waals surface area (Å²) in [6, 6.07) is 37.8. The molecular formula is C62H80O. The summed E-state index contributed by atoms with van der Waals surface area (Å²) in [5, 5.41) is 0. The van der Waals surface area contributed by atoms with E-state index in [0.29, 0.717) is 5.92 Å². The molecule has 0 aliphatic heterocycles. The predicted molar refractivity (Wildman–Crippen MR) is 278 cm³/mol. The second kappa shape index (κ2) is 24.4. The highest BCUT2D eigenvalue weighted by Gasteiger charge is 2.42. The first-order valence-corrected chi connectivity index (χ1v) is 25.4. The lowest BCUT2D eigenvalue weighted by Crippen LogP contribution is -2.25. The van der Waals surface area contributed by atoms with Gasteiger partial charge in [-0.25, -0.2) is 0 Å². The van der Waals surface area contributed by atoms with Crippen LogP contribution in [0.15, 0.2) is 103 Å². The maximum Gasteiger partial charge on any atom is 0.122 e. The van der Waals surface area contributed by atoms with Crippen LogP contribution in [0.3, 0.4) is 0 Å². The SMILES string of the molecule is C/C=C/c1ccc(-c2ccc3c(c2)C(CCCCCCCC)(CCCCCCCC)c2cc(-c4ccc(/C=C/c5cc(OCC(CC)CCCC)c(C)cc5C)cc4)ccc2-3)cc1. The molecule has 0 saturated carbocycles. The van der Waals surface area contributed by atoms with Crippen LogP contribution in [0.25, 0.3) is 51.6 Å². The Kier molecular flexibility index (Phi) is 18.6. The molecule has 0 amide bonds. The normalized spacial score (nSPS) is 13.5. The molecule has 1 nitrogen and oxygen atoms in total. The zero-order valence-electron chi connectivity index (χ0n) is 40.5. The average molecular weight is 841 g/mol. The van der Waals surface area contributed by atoms with Gasteiger partial charge >= 0.3 is 0 Å². The van der Waals surface area contributed by atoms with Gasteiger partial charge in [-0.3, -0.25) is 0 Å². The molecule has 1 aliphatic rings. The second-order valence-electron chi connectivity index (χ2n) is 18.9. The molecule has 5 aromatic carbocycles. The highest BCUT2D eigenvalue weighted by molar-refractivity contribution is 5.86. The summed E-state index contributed by atoms with van der Waals surface area (Å²) in [6.45, 7) is 16.5. The van der Waals surface area contributed by atoms with Crippen LogP contribution in [-0.4, -0.2) is 6.61 Å². The lowest BCUT2D eigenvalue weighted by Gasteiger charge is -2.33. The molecule has 0 fully saturated rings. The van der Waals surface area contributed by atoms with Crippen molar-refractivity contribution in [1.82, 2.24) is 0 Å². The minimum absolute atomic E-state index is 0.0151. The number of aryl methyl sites for hydroxylation is 2. The zero-order valence-corrected chi connectivity index (χ0v) is 40.5. The summed E-state index contributed by atoms with van der Waals surface area (Å²) >= 11 is 0. The Hall–Kier alpha value is -4.62. The molecule has 1 unspecified atom stereocenters. The number of rotatable bonds is 26. The molecule has 0 heterocycles. The number of unbranched alkanes of at least 4 members (excludes halogenated alkanes) is 11. The summed E-state index contributed by atoms with van der Waals surface area (Å²) in [6.07, 6.45) is 32.1. The van der Waals surface area contributed by atoms with Crippen molar-refractivity contribution in [1.29, 1.82) is 0 Å². The summed E-state index contributed by atoms with van der Waals surface area (Å²) in [4.78, 5) is 0. The van der Waals surface area contributed by atoms with Crippen LogP contribution in [0.2, 0.25) is 0 Å². The summed E-state index contributed by atoms with van der Waals surface area (Å²) in [5.41, 5.74) is 17.5. The van der Waals surface area contributed by atoms with Crippen molar-refractivity contribution < 1.29 is 4.74 Å². The van der Waals surface area contributed by atoms with E-state index in [1.807, 2.05) is 0 Å². The fourth-order valence-corrected chi connectivity index (χ4v) is 10.2. The lowest BCUT2D eigenvalue weighted by atomic mass is 9.70. The number of ether oxygens (including phenoxy) is 1. The van der Waals surface area contributed by atoms with Crippen molar-refractivity contribution in [3.8, 4) is 39.1 Å². The minimum atomic E-state index is 0.0151. The monoisotopic (exact) mass is 841 g/mol. The highest BCUT2D eigenvalue weighted by atomic mass is 16.5. The predicted octanol–water partition coefficient (Wildman–Crippen LogP) is 19.2. The van der Waals surface area contributed by atoms with E-state index in [-0.39, 0.29) is 5.41 Å². The van der Waals surface area contributed by atoms with Gasteiger partial charge in [-0.2, -0.15) is 0 Å². The van der Waals surface area contributed by atoms with E-state index in [1.54, 1.807) is 11.1 Å². The van der Waals surface area contributed by atoms with Gasteiger partial charge < -0.3 is 4.74 Å². The van der Waals surface area contributed by atoms with Crippen molar-refractivity contribution >= 4 is 18.2 Å². The van der Waals surface area contributed by atoms with Crippen LogP contribution in [0.1, 0.15) is 189 Å². The molecule has 0 spiro atoms. The fraction of sp³-hybridized carbons (Fsp3) is 0.452. The van der Waals surface area contributed by atoms with Gasteiger partial charge in [0, 0.05) is 5.41 Å². The molecule has 6 rings (SSSR count). The summed E-state index contributed by atoms with van der Waals surface area (Å²) in [7, 11) is 0. The van der Waals surface area contributed by atoms with Crippen LogP contribution in [-0.2, 0) is 5.41 Å². The molecule has 0 N–H and O–H groups in total. The third-order valence-corrected chi connectivity index (χ3v) is 14.2. The van der Waals surface area contributed by atoms with Crippen LogP contribution in [0, 0.1) is 19.8 Å². The molecule has 63 heavy (non-hydrogen) atoms. The lowest BCUT2D eigenvalue weighted by molar-refractivity contribution is 0.232. The third-order valence-electron chi connectivity index (χ3n) is 14.2. The van der Waals surface area contributed by atoms with E-state index in [2.05, 4.69) is 170 Å². The summed E-state index contributed by atoms with van der Waals surface area (Å²) in [5.74, 6) is 1.63. The van der Waals surface area contributed by atoms with E-state index in [4.69, 9.17) is 4.74 Å². The fourth-order valence-electron chi connectivity index (χ4n) is 10.2. The molecular weight excluding hydrogens is 761 g/mol. The molecule has 0 radical (unpaired) electrons. The Morgan fingerprint density at radius 2 is 0.984 bits per heavy atom. The van der Waals surface area contributed by atoms with E-state index < -0.39 is 0 Å². The first kappa shape index (κ1) is 47.8. The summed E-state index contributed by atoms with van der Waals surface area (Å²) < 4.78 is 6.45. The highest BCUT2D eigenvalue weighted by Crippen LogP contribution is 2.56. The van der Waals surface area contributed by atoms with Crippen LogP contribution >= 0.6 is 0 Å². The Labute approximate surface area is 384 Å². The topological polar surface area (TPSA) is 9.23 Å². The number of allylic oxidation sites excluding steroid dienone is 1. The second-order valence-corrected chi connectivity index (χ2v) is 18.9. The van der Waals surface area contributed by atoms with Gasteiger partial charge in [-0.1, -0.05) is 227 Å². The first-order valence-electron chi connectivity index (χ1n) is 25.4. The van der Waals surface area contributed by atoms with Gasteiger partial charge in [0.2, 0.25) is 0 Å². The molecule has 0 bridgehead atoms. The van der Waals surface area contributed by atoms with Gasteiger partial charge in [-0.05, 0) is 136 Å². The maximum absolute atomic E-state index is 6.45. The largest absolute Gasteiger partial charge is 0.493 e. The first-order chi connectivity index (χ1) is 30.8. The third kappa shape index (κ3) is 12.6. The van der Waals surface area contributed by atoms with Crippen molar-refractivity contribution in [3.05, 3.63) is 142 Å². The molecule has 0 aromatic heterocycles. The Balaban J connectivity index is 1.30. The number of hydrogen-bond acceptors (Lipinski definition) is 1. The van der Waals surface area contributed by atoms with Crippen LogP contribution in [0.5, 0.6) is 5.75 Å². The number of hydrogen-bond donors (Lipinski definition) is 0. The standard InChI is InChI=1S/C62H80O/c1-8-13-16-18-20-22-40-62(41-23-21-19-17-14-9-2)59-43-55(52-31-26-50(24-11-4)27-32-52)36-38-57(59)58-39-37-56(44-60(58)62)53-33-28-51(29-34-53)30-35-54-45-61(48(7)42-47(54)6)63-46-49(12-5)25-15-10-3/h11,24,26-39,42-45,49H,8-10,12-23,25,40-41,46H2,1-7H3/b24-11+,35-30+. The van der Waals surface area contributed by atoms with Crippen molar-refractivity contribution in [2.45, 2.75) is 169 Å². The van der Waals surface area contributed by atoms with Gasteiger partial charge in [0.1, 0.15) is 5.75 Å². The van der Waals surface area contributed by atoms with Gasteiger partial charge in [0.05, 0.1) is 6.61 Å². The van der Waals surface area contributed by atoms with E-state index in [0.717, 1.165) is 12.4 Å². The van der Waals surface area contributed by atoms with E-state index in [9.17, 15) is 0 Å². The average Bonchev–Trinajstić information content (AvgIpc) is 3.57. The van der Waals surface area contributed by atoms with Crippen LogP contribution in [0.4, 0.5) is 0 Å². The molecule has 5 aromatic rings. The molecule has 0 saturated heterocycles. The van der Waals surface area contributed by atoms with Crippen LogP contribution < -0.4 is 4.74 Å². The van der Waals surface area contributed by atoms with E-state index >= 15 is 0 Å². The molecule has 1 atom stereocenters. The number of fused-ring (bicyclic) bond motifs is 3. The molecule has 1 aliphatic carbocycles. The quantitative estimate of drug-likeness (QED) is 0.0398. The van der Waals surface area contributed by atoms with Gasteiger partial charge in [0.25, 0.3) is 0 Å². The van der Waals surface area contributed by atoms with Crippen molar-refractivity contribution in [3.63, 3.8) is 0 Å². The Morgan fingerprint density at radius 1 is 0.492 bits per heavy atom. The Morgan fingerprint density at radius 3 is 1.49 bits per heavy atom. The smallest absolute Gasteiger partial charge is 0.122 e. The molecule has 334 valence electrons. The van der Waals surface area contributed by atoms with Gasteiger partial charge in [-0.15, -0.1) is 0 Å². The van der Waals surface area contributed by atoms with Gasteiger partial charge in [0.15, 0.2) is 0 Å². The maximum atomic E-state index is 6.45.